The van der Waals surface area contributed by atoms with Crippen molar-refractivity contribution in [2.75, 3.05) is 5.75 Å². The van der Waals surface area contributed by atoms with Gasteiger partial charge in [-0.15, -0.1) is 0 Å². The van der Waals surface area contributed by atoms with Crippen LogP contribution in [0, 0.1) is 6.92 Å². The Morgan fingerprint density at radius 1 is 1.33 bits per heavy atom. The van der Waals surface area contributed by atoms with Gasteiger partial charge in [-0.2, -0.15) is 11.8 Å². The number of nitrogens with two attached hydrogens (primary N) is 1. The molecule has 1 heterocycles. The summed E-state index contributed by atoms with van der Waals surface area (Å²) in [6.45, 7) is 4.08. The molecule has 2 rings (SSSR count). The SMILES string of the molecule is Cc1ccc(-c2cc(CSCC(C)N)on2)cc1. The molecule has 1 aromatic carbocycles. The second-order valence-electron chi connectivity index (χ2n) is 4.54. The number of benzene rings is 1. The van der Waals surface area contributed by atoms with Crippen molar-refractivity contribution in [2.24, 2.45) is 5.73 Å². The number of aromatic nitrogens is 1. The Morgan fingerprint density at radius 3 is 2.72 bits per heavy atom. The van der Waals surface area contributed by atoms with Crippen LogP contribution in [0.2, 0.25) is 0 Å². The van der Waals surface area contributed by atoms with Gasteiger partial charge in [0.2, 0.25) is 0 Å². The van der Waals surface area contributed by atoms with Crippen LogP contribution in [-0.2, 0) is 5.75 Å². The van der Waals surface area contributed by atoms with Gasteiger partial charge in [-0.25, -0.2) is 0 Å². The summed E-state index contributed by atoms with van der Waals surface area (Å²) in [5.41, 5.74) is 8.93. The average Bonchev–Trinajstić information content (AvgIpc) is 2.78. The molecule has 4 heteroatoms. The molecular weight excluding hydrogens is 244 g/mol. The maximum Gasteiger partial charge on any atom is 0.147 e. The molecule has 1 aromatic heterocycles. The lowest BCUT2D eigenvalue weighted by Crippen LogP contribution is -2.17. The molecule has 0 aliphatic heterocycles. The van der Waals surface area contributed by atoms with Gasteiger partial charge in [0.1, 0.15) is 11.5 Å². The minimum absolute atomic E-state index is 0.217. The van der Waals surface area contributed by atoms with Gasteiger partial charge in [-0.3, -0.25) is 0 Å². The lowest BCUT2D eigenvalue weighted by atomic mass is 10.1. The summed E-state index contributed by atoms with van der Waals surface area (Å²) in [5, 5.41) is 4.09. The maximum atomic E-state index is 5.70. The Balaban J connectivity index is 1.99. The zero-order chi connectivity index (χ0) is 13.0. The van der Waals surface area contributed by atoms with Gasteiger partial charge in [-0.1, -0.05) is 35.0 Å². The van der Waals surface area contributed by atoms with E-state index in [1.807, 2.05) is 13.0 Å². The van der Waals surface area contributed by atoms with Crippen LogP contribution < -0.4 is 5.73 Å². The molecule has 0 radical (unpaired) electrons. The lowest BCUT2D eigenvalue weighted by Gasteiger charge is -2.01. The van der Waals surface area contributed by atoms with Crippen molar-refractivity contribution in [3.63, 3.8) is 0 Å². The molecule has 1 unspecified atom stereocenters. The monoisotopic (exact) mass is 262 g/mol. The first kappa shape index (κ1) is 13.2. The van der Waals surface area contributed by atoms with Gasteiger partial charge in [0, 0.05) is 23.4 Å². The van der Waals surface area contributed by atoms with E-state index in [-0.39, 0.29) is 6.04 Å². The molecule has 0 bridgehead atoms. The molecular formula is C14H18N2OS. The first-order chi connectivity index (χ1) is 8.65. The summed E-state index contributed by atoms with van der Waals surface area (Å²) in [5.74, 6) is 2.65. The number of aryl methyl sites for hydroxylation is 1. The second kappa shape index (κ2) is 6.07. The highest BCUT2D eigenvalue weighted by Gasteiger charge is 2.06. The highest BCUT2D eigenvalue weighted by atomic mass is 32.2. The third kappa shape index (κ3) is 3.62. The fourth-order valence-electron chi connectivity index (χ4n) is 1.59. The maximum absolute atomic E-state index is 5.70. The molecule has 0 spiro atoms. The van der Waals surface area contributed by atoms with Crippen molar-refractivity contribution in [3.05, 3.63) is 41.7 Å². The Morgan fingerprint density at radius 2 is 2.06 bits per heavy atom. The van der Waals surface area contributed by atoms with E-state index in [1.165, 1.54) is 5.56 Å². The number of rotatable bonds is 5. The molecule has 3 nitrogen and oxygen atoms in total. The average molecular weight is 262 g/mol. The Hall–Kier alpha value is -1.26. The highest BCUT2D eigenvalue weighted by molar-refractivity contribution is 7.98. The quantitative estimate of drug-likeness (QED) is 0.898. The first-order valence-electron chi connectivity index (χ1n) is 6.01. The fraction of sp³-hybridized carbons (Fsp3) is 0.357. The van der Waals surface area contributed by atoms with Gasteiger partial charge in [0.25, 0.3) is 0 Å². The zero-order valence-electron chi connectivity index (χ0n) is 10.7. The van der Waals surface area contributed by atoms with Crippen LogP contribution in [0.25, 0.3) is 11.3 Å². The fourth-order valence-corrected chi connectivity index (χ4v) is 2.41. The summed E-state index contributed by atoms with van der Waals surface area (Å²) in [6.07, 6.45) is 0. The van der Waals surface area contributed by atoms with Gasteiger partial charge >= 0.3 is 0 Å². The lowest BCUT2D eigenvalue weighted by molar-refractivity contribution is 0.397. The molecule has 1 atom stereocenters. The number of hydrogen-bond acceptors (Lipinski definition) is 4. The van der Waals surface area contributed by atoms with E-state index >= 15 is 0 Å². The van der Waals surface area contributed by atoms with Crippen molar-refractivity contribution >= 4 is 11.8 Å². The van der Waals surface area contributed by atoms with Crippen LogP contribution in [0.5, 0.6) is 0 Å². The van der Waals surface area contributed by atoms with Crippen LogP contribution in [0.3, 0.4) is 0 Å². The Labute approximate surface area is 112 Å². The number of hydrogen-bond donors (Lipinski definition) is 1. The molecule has 0 aliphatic carbocycles. The molecule has 18 heavy (non-hydrogen) atoms. The molecule has 2 N–H and O–H groups in total. The molecule has 2 aromatic rings. The van der Waals surface area contributed by atoms with Crippen molar-refractivity contribution in [1.29, 1.82) is 0 Å². The van der Waals surface area contributed by atoms with Crippen LogP contribution in [0.1, 0.15) is 18.2 Å². The number of thioether (sulfide) groups is 1. The van der Waals surface area contributed by atoms with Crippen LogP contribution in [-0.4, -0.2) is 17.0 Å². The standard InChI is InChI=1S/C14H18N2OS/c1-10-3-5-12(6-4-10)14-7-13(17-16-14)9-18-8-11(2)15/h3-7,11H,8-9,15H2,1-2H3. The molecule has 96 valence electrons. The van der Waals surface area contributed by atoms with E-state index in [4.69, 9.17) is 10.3 Å². The largest absolute Gasteiger partial charge is 0.360 e. The van der Waals surface area contributed by atoms with E-state index in [9.17, 15) is 0 Å². The van der Waals surface area contributed by atoms with Gasteiger partial charge in [-0.05, 0) is 13.8 Å². The predicted octanol–water partition coefficient (Wildman–Crippen LogP) is 3.23. The molecule has 0 aliphatic rings. The van der Waals surface area contributed by atoms with Crippen LogP contribution in [0.4, 0.5) is 0 Å². The van der Waals surface area contributed by atoms with Crippen LogP contribution in [0.15, 0.2) is 34.9 Å². The van der Waals surface area contributed by atoms with Crippen molar-refractivity contribution in [1.82, 2.24) is 5.16 Å². The van der Waals surface area contributed by atoms with Crippen molar-refractivity contribution < 1.29 is 4.52 Å². The van der Waals surface area contributed by atoms with E-state index in [1.54, 1.807) is 11.8 Å². The minimum Gasteiger partial charge on any atom is -0.360 e. The summed E-state index contributed by atoms with van der Waals surface area (Å²) in [4.78, 5) is 0. The molecule has 0 saturated heterocycles. The number of nitrogens with zero attached hydrogens (tertiary/aromatic N) is 1. The van der Waals surface area contributed by atoms with E-state index in [2.05, 4.69) is 36.3 Å². The van der Waals surface area contributed by atoms with Crippen molar-refractivity contribution in [2.45, 2.75) is 25.6 Å². The Kier molecular flexibility index (Phi) is 4.44. The molecule has 0 saturated carbocycles. The van der Waals surface area contributed by atoms with E-state index in [0.29, 0.717) is 0 Å². The predicted molar refractivity (Wildman–Crippen MR) is 76.5 cm³/mol. The zero-order valence-corrected chi connectivity index (χ0v) is 11.5. The molecule has 0 fully saturated rings. The minimum atomic E-state index is 0.217. The third-order valence-electron chi connectivity index (χ3n) is 2.53. The van der Waals surface area contributed by atoms with Crippen molar-refractivity contribution in [3.8, 4) is 11.3 Å². The normalized spacial score (nSPS) is 12.6. The first-order valence-corrected chi connectivity index (χ1v) is 7.16. The topological polar surface area (TPSA) is 52.0 Å². The highest BCUT2D eigenvalue weighted by Crippen LogP contribution is 2.22. The molecule has 0 amide bonds. The van der Waals surface area contributed by atoms with Gasteiger partial charge < -0.3 is 10.3 Å². The Bertz CT molecular complexity index is 491. The van der Waals surface area contributed by atoms with Crippen LogP contribution >= 0.6 is 11.8 Å². The second-order valence-corrected chi connectivity index (χ2v) is 5.57. The van der Waals surface area contributed by atoms with Gasteiger partial charge in [0.15, 0.2) is 0 Å². The smallest absolute Gasteiger partial charge is 0.147 e. The van der Waals surface area contributed by atoms with Gasteiger partial charge in [0.05, 0.1) is 5.75 Å². The summed E-state index contributed by atoms with van der Waals surface area (Å²) >= 11 is 1.77. The van der Waals surface area contributed by atoms with E-state index in [0.717, 1.165) is 28.5 Å². The van der Waals surface area contributed by atoms with E-state index < -0.39 is 0 Å². The summed E-state index contributed by atoms with van der Waals surface area (Å²) in [6, 6.07) is 10.5. The summed E-state index contributed by atoms with van der Waals surface area (Å²) < 4.78 is 5.32. The third-order valence-corrected chi connectivity index (χ3v) is 3.78. The summed E-state index contributed by atoms with van der Waals surface area (Å²) in [7, 11) is 0.